The maximum Gasteiger partial charge on any atom is 0.673 e. The van der Waals surface area contributed by atoms with Gasteiger partial charge in [0.2, 0.25) is 0 Å². The number of carbonyl (C=O) groups is 1. The summed E-state index contributed by atoms with van der Waals surface area (Å²) in [6.07, 6.45) is 3.94. The van der Waals surface area contributed by atoms with Crippen LogP contribution in [0.4, 0.5) is 17.3 Å². The van der Waals surface area contributed by atoms with E-state index in [4.69, 9.17) is 4.74 Å². The molecular formula is C8H15BF4N2O2. The van der Waals surface area contributed by atoms with Crippen LogP contribution in [-0.2, 0) is 9.53 Å². The van der Waals surface area contributed by atoms with Gasteiger partial charge < -0.3 is 26.9 Å². The van der Waals surface area contributed by atoms with Crippen molar-refractivity contribution in [2.75, 3.05) is 26.9 Å². The molecule has 0 amide bonds. The predicted octanol–water partition coefficient (Wildman–Crippen LogP) is 0.108. The van der Waals surface area contributed by atoms with Gasteiger partial charge in [0.05, 0.1) is 12.8 Å². The van der Waals surface area contributed by atoms with Crippen LogP contribution in [-0.4, -0.2) is 45.0 Å². The average Bonchev–Trinajstić information content (AvgIpc) is 2.48. The molecule has 0 spiro atoms. The lowest BCUT2D eigenvalue weighted by Gasteiger charge is -2.11. The summed E-state index contributed by atoms with van der Waals surface area (Å²) in [4.78, 5) is 14.2. The molecule has 1 heterocycles. The van der Waals surface area contributed by atoms with Gasteiger partial charge >= 0.3 is 13.2 Å². The minimum absolute atomic E-state index is 0.132. The molecule has 1 rings (SSSR count). The number of nitrogens with zero attached hydrogens (tertiary/aromatic N) is 1. The Balaban J connectivity index is 0.000000437. The Kier molecular flexibility index (Phi) is 6.63. The molecule has 1 atom stereocenters. The number of quaternary nitrogens is 1. The van der Waals surface area contributed by atoms with E-state index in [0.29, 0.717) is 13.2 Å². The molecule has 0 bridgehead atoms. The Morgan fingerprint density at radius 3 is 2.35 bits per heavy atom. The van der Waals surface area contributed by atoms with Crippen molar-refractivity contribution in [2.45, 2.75) is 6.92 Å². The molecule has 0 aliphatic carbocycles. The summed E-state index contributed by atoms with van der Waals surface area (Å²) in [6.45, 7) is 3.55. The molecule has 100 valence electrons. The van der Waals surface area contributed by atoms with Crippen LogP contribution in [0.5, 0.6) is 0 Å². The molecular weight excluding hydrogens is 243 g/mol. The SMILES string of the molecule is CCOC(=O)C[NH+]1C=CN(C)C1.F[B-](F)(F)F. The van der Waals surface area contributed by atoms with Gasteiger partial charge in [0.15, 0.2) is 13.2 Å². The van der Waals surface area contributed by atoms with Crippen molar-refractivity contribution in [3.8, 4) is 0 Å². The number of ether oxygens (including phenoxy) is 1. The van der Waals surface area contributed by atoms with Crippen LogP contribution in [0.3, 0.4) is 0 Å². The van der Waals surface area contributed by atoms with Gasteiger partial charge in [-0.3, -0.25) is 4.90 Å². The van der Waals surface area contributed by atoms with Crippen molar-refractivity contribution in [2.24, 2.45) is 0 Å². The van der Waals surface area contributed by atoms with Crippen LogP contribution in [0.2, 0.25) is 0 Å². The summed E-state index contributed by atoms with van der Waals surface area (Å²) in [7, 11) is -4.02. The topological polar surface area (TPSA) is 34.0 Å². The second-order valence-corrected chi connectivity index (χ2v) is 3.37. The molecule has 0 aromatic rings. The quantitative estimate of drug-likeness (QED) is 0.443. The number of esters is 1. The van der Waals surface area contributed by atoms with E-state index in [9.17, 15) is 22.1 Å². The summed E-state index contributed by atoms with van der Waals surface area (Å²) in [5.74, 6) is -0.132. The molecule has 0 radical (unpaired) electrons. The lowest BCUT2D eigenvalue weighted by molar-refractivity contribution is -0.840. The lowest BCUT2D eigenvalue weighted by atomic mass is 10.3. The van der Waals surface area contributed by atoms with Crippen molar-refractivity contribution < 1.29 is 31.7 Å². The van der Waals surface area contributed by atoms with Crippen LogP contribution < -0.4 is 4.90 Å². The molecule has 1 N–H and O–H groups in total. The van der Waals surface area contributed by atoms with Crippen molar-refractivity contribution in [3.05, 3.63) is 12.4 Å². The van der Waals surface area contributed by atoms with E-state index in [1.165, 1.54) is 0 Å². The monoisotopic (exact) mass is 258 g/mol. The minimum Gasteiger partial charge on any atom is -0.462 e. The van der Waals surface area contributed by atoms with E-state index in [0.717, 1.165) is 11.6 Å². The number of rotatable bonds is 3. The maximum atomic E-state index is 11.0. The second kappa shape index (κ2) is 7.15. The van der Waals surface area contributed by atoms with Crippen LogP contribution >= 0.6 is 0 Å². The van der Waals surface area contributed by atoms with Gasteiger partial charge in [-0.2, -0.15) is 0 Å². The van der Waals surface area contributed by atoms with Crippen molar-refractivity contribution in [1.29, 1.82) is 0 Å². The second-order valence-electron chi connectivity index (χ2n) is 3.37. The molecule has 0 aromatic carbocycles. The fraction of sp³-hybridized carbons (Fsp3) is 0.625. The fourth-order valence-corrected chi connectivity index (χ4v) is 1.17. The zero-order valence-corrected chi connectivity index (χ0v) is 9.63. The first-order chi connectivity index (χ1) is 7.72. The minimum atomic E-state index is -6.00. The molecule has 1 aliphatic heterocycles. The Hall–Kier alpha value is -1.25. The molecule has 4 nitrogen and oxygen atoms in total. The molecule has 0 aromatic heterocycles. The highest BCUT2D eigenvalue weighted by molar-refractivity contribution is 6.50. The summed E-state index contributed by atoms with van der Waals surface area (Å²) in [6, 6.07) is 0. The van der Waals surface area contributed by atoms with Crippen LogP contribution in [0.15, 0.2) is 12.4 Å². The lowest BCUT2D eigenvalue weighted by Crippen LogP contribution is -3.08. The standard InChI is InChI=1S/C8H14N2O2.BF4/c1-3-12-8(11)6-10-5-4-9(2)7-10;2-1(3,4)5/h4-5H,3,6-7H2,1-2H3;/q;-1/p+1. The van der Waals surface area contributed by atoms with Gasteiger partial charge in [-0.1, -0.05) is 0 Å². The highest BCUT2D eigenvalue weighted by atomic mass is 19.5. The first-order valence-corrected chi connectivity index (χ1v) is 4.98. The molecule has 17 heavy (non-hydrogen) atoms. The molecule has 0 saturated heterocycles. The number of hydrogen-bond donors (Lipinski definition) is 1. The normalized spacial score (nSPS) is 18.7. The highest BCUT2D eigenvalue weighted by Crippen LogP contribution is 2.06. The smallest absolute Gasteiger partial charge is 0.462 e. The number of carbonyl (C=O) groups excluding carboxylic acids is 1. The highest BCUT2D eigenvalue weighted by Gasteiger charge is 2.20. The molecule has 1 aliphatic rings. The maximum absolute atomic E-state index is 11.0. The number of nitrogens with one attached hydrogen (secondary N) is 1. The molecule has 1 unspecified atom stereocenters. The zero-order chi connectivity index (χ0) is 13.5. The van der Waals surface area contributed by atoms with Gasteiger partial charge in [-0.15, -0.1) is 0 Å². The Morgan fingerprint density at radius 1 is 1.47 bits per heavy atom. The Labute approximate surface area is 96.9 Å². The zero-order valence-electron chi connectivity index (χ0n) is 9.63. The van der Waals surface area contributed by atoms with Gasteiger partial charge in [0.25, 0.3) is 0 Å². The third-order valence-corrected chi connectivity index (χ3v) is 1.69. The van der Waals surface area contributed by atoms with Gasteiger partial charge in [-0.25, -0.2) is 4.79 Å². The first kappa shape index (κ1) is 15.8. The summed E-state index contributed by atoms with van der Waals surface area (Å²) in [5, 5.41) is 0. The van der Waals surface area contributed by atoms with Crippen LogP contribution in [0, 0.1) is 0 Å². The van der Waals surface area contributed by atoms with E-state index < -0.39 is 7.25 Å². The summed E-state index contributed by atoms with van der Waals surface area (Å²) < 4.78 is 43.8. The Morgan fingerprint density at radius 2 is 2.00 bits per heavy atom. The van der Waals surface area contributed by atoms with Crippen LogP contribution in [0.1, 0.15) is 6.92 Å². The van der Waals surface area contributed by atoms with Gasteiger partial charge in [0.1, 0.15) is 6.20 Å². The van der Waals surface area contributed by atoms with Crippen LogP contribution in [0.25, 0.3) is 0 Å². The van der Waals surface area contributed by atoms with Crippen molar-refractivity contribution in [3.63, 3.8) is 0 Å². The third kappa shape index (κ3) is 11.0. The first-order valence-electron chi connectivity index (χ1n) is 4.98. The van der Waals surface area contributed by atoms with Gasteiger partial charge in [0, 0.05) is 7.05 Å². The van der Waals surface area contributed by atoms with Crippen molar-refractivity contribution >= 4 is 13.2 Å². The number of hydrogen-bond acceptors (Lipinski definition) is 3. The summed E-state index contributed by atoms with van der Waals surface area (Å²) in [5.41, 5.74) is 0. The van der Waals surface area contributed by atoms with Gasteiger partial charge in [-0.05, 0) is 6.92 Å². The number of halogens is 4. The fourth-order valence-electron chi connectivity index (χ4n) is 1.17. The largest absolute Gasteiger partial charge is 0.673 e. The van der Waals surface area contributed by atoms with Crippen molar-refractivity contribution in [1.82, 2.24) is 4.90 Å². The van der Waals surface area contributed by atoms with E-state index in [1.54, 1.807) is 0 Å². The molecule has 0 saturated carbocycles. The van der Waals surface area contributed by atoms with E-state index >= 15 is 0 Å². The predicted molar refractivity (Wildman–Crippen MR) is 54.4 cm³/mol. The molecule has 0 fully saturated rings. The molecule has 9 heteroatoms. The third-order valence-electron chi connectivity index (χ3n) is 1.69. The van der Waals surface area contributed by atoms with E-state index in [-0.39, 0.29) is 5.97 Å². The Bertz CT molecular complexity index is 267. The average molecular weight is 258 g/mol. The van der Waals surface area contributed by atoms with E-state index in [2.05, 4.69) is 0 Å². The summed E-state index contributed by atoms with van der Waals surface area (Å²) >= 11 is 0. The van der Waals surface area contributed by atoms with E-state index in [1.807, 2.05) is 31.3 Å².